The van der Waals surface area contributed by atoms with E-state index in [1.54, 1.807) is 11.8 Å². The van der Waals surface area contributed by atoms with E-state index >= 15 is 0 Å². The molecule has 2 rings (SSSR count). The van der Waals surface area contributed by atoms with Gasteiger partial charge in [-0.05, 0) is 25.1 Å². The Balaban J connectivity index is 1.89. The zero-order valence-corrected chi connectivity index (χ0v) is 12.3. The normalized spacial score (nSPS) is 20.2. The molecule has 0 saturated carbocycles. The topological polar surface area (TPSA) is 59.0 Å². The molecule has 7 heteroatoms. The molecule has 1 fully saturated rings. The highest BCUT2D eigenvalue weighted by Gasteiger charge is 2.27. The number of aliphatic hydroxyl groups excluding tert-OH is 1. The van der Waals surface area contributed by atoms with Crippen LogP contribution in [-0.2, 0) is 9.53 Å². The summed E-state index contributed by atoms with van der Waals surface area (Å²) in [6, 6.07) is 3.71. The van der Waals surface area contributed by atoms with Crippen molar-refractivity contribution in [2.24, 2.45) is 0 Å². The van der Waals surface area contributed by atoms with Crippen LogP contribution in [0.3, 0.4) is 0 Å². The summed E-state index contributed by atoms with van der Waals surface area (Å²) >= 11 is 5.82. The monoisotopic (exact) mass is 317 g/mol. The molecule has 1 saturated heterocycles. The van der Waals surface area contributed by atoms with Gasteiger partial charge in [-0.15, -0.1) is 0 Å². The van der Waals surface area contributed by atoms with E-state index in [-0.39, 0.29) is 23.3 Å². The standard InChI is InChI=1S/C14H17ClFNO4/c1-9(18)13-7-17(4-5-20-13)14(19)8-21-12-3-2-10(16)6-11(12)15/h2-3,6,9,13,18H,4-5,7-8H2,1H3. The van der Waals surface area contributed by atoms with Crippen molar-refractivity contribution in [1.29, 1.82) is 0 Å². The van der Waals surface area contributed by atoms with Crippen LogP contribution >= 0.6 is 11.6 Å². The molecule has 116 valence electrons. The number of carbonyl (C=O) groups is 1. The summed E-state index contributed by atoms with van der Waals surface area (Å²) in [7, 11) is 0. The lowest BCUT2D eigenvalue weighted by Gasteiger charge is -2.34. The first kappa shape index (κ1) is 16.0. The van der Waals surface area contributed by atoms with Crippen molar-refractivity contribution in [3.63, 3.8) is 0 Å². The van der Waals surface area contributed by atoms with Gasteiger partial charge in [-0.25, -0.2) is 4.39 Å². The average molecular weight is 318 g/mol. The van der Waals surface area contributed by atoms with Crippen LogP contribution in [0.2, 0.25) is 5.02 Å². The van der Waals surface area contributed by atoms with Crippen LogP contribution in [0.25, 0.3) is 0 Å². The van der Waals surface area contributed by atoms with Crippen molar-refractivity contribution in [3.8, 4) is 5.75 Å². The van der Waals surface area contributed by atoms with Gasteiger partial charge >= 0.3 is 0 Å². The summed E-state index contributed by atoms with van der Waals surface area (Å²) in [5.41, 5.74) is 0. The fourth-order valence-electron chi connectivity index (χ4n) is 2.02. The molecule has 1 N–H and O–H groups in total. The van der Waals surface area contributed by atoms with Crippen molar-refractivity contribution >= 4 is 17.5 Å². The number of ether oxygens (including phenoxy) is 2. The third kappa shape index (κ3) is 4.30. The largest absolute Gasteiger partial charge is 0.482 e. The molecule has 2 atom stereocenters. The quantitative estimate of drug-likeness (QED) is 0.913. The molecular formula is C14H17ClFNO4. The van der Waals surface area contributed by atoms with E-state index in [1.807, 2.05) is 0 Å². The number of morpholine rings is 1. The zero-order chi connectivity index (χ0) is 15.4. The first-order chi connectivity index (χ1) is 9.97. The molecule has 1 aliphatic heterocycles. The molecule has 1 heterocycles. The van der Waals surface area contributed by atoms with E-state index in [9.17, 15) is 14.3 Å². The average Bonchev–Trinajstić information content (AvgIpc) is 2.46. The van der Waals surface area contributed by atoms with Gasteiger partial charge in [0.1, 0.15) is 17.7 Å². The van der Waals surface area contributed by atoms with Crippen molar-refractivity contribution in [2.45, 2.75) is 19.1 Å². The number of benzene rings is 1. The Morgan fingerprint density at radius 1 is 1.67 bits per heavy atom. The van der Waals surface area contributed by atoms with Gasteiger partial charge < -0.3 is 19.5 Å². The minimum absolute atomic E-state index is 0.117. The summed E-state index contributed by atoms with van der Waals surface area (Å²) in [5, 5.41) is 9.62. The molecule has 1 amide bonds. The molecule has 0 spiro atoms. The van der Waals surface area contributed by atoms with E-state index in [1.165, 1.54) is 12.1 Å². The number of nitrogens with zero attached hydrogens (tertiary/aromatic N) is 1. The minimum Gasteiger partial charge on any atom is -0.482 e. The minimum atomic E-state index is -0.645. The highest BCUT2D eigenvalue weighted by atomic mass is 35.5. The van der Waals surface area contributed by atoms with Crippen molar-refractivity contribution in [3.05, 3.63) is 29.0 Å². The van der Waals surface area contributed by atoms with E-state index in [0.29, 0.717) is 19.7 Å². The Hall–Kier alpha value is -1.37. The number of carbonyl (C=O) groups excluding carboxylic acids is 1. The maximum atomic E-state index is 12.9. The first-order valence-corrected chi connectivity index (χ1v) is 7.00. The predicted molar refractivity (Wildman–Crippen MR) is 74.9 cm³/mol. The summed E-state index contributed by atoms with van der Waals surface area (Å²) in [5.74, 6) is -0.442. The summed E-state index contributed by atoms with van der Waals surface area (Å²) < 4.78 is 23.6. The highest BCUT2D eigenvalue weighted by molar-refractivity contribution is 6.32. The van der Waals surface area contributed by atoms with Gasteiger partial charge in [0.05, 0.1) is 17.7 Å². The number of amides is 1. The maximum absolute atomic E-state index is 12.9. The second-order valence-electron chi connectivity index (χ2n) is 4.85. The summed E-state index contributed by atoms with van der Waals surface area (Å²) in [4.78, 5) is 13.6. The Morgan fingerprint density at radius 2 is 2.43 bits per heavy atom. The second-order valence-corrected chi connectivity index (χ2v) is 5.26. The highest BCUT2D eigenvalue weighted by Crippen LogP contribution is 2.24. The number of hydrogen-bond donors (Lipinski definition) is 1. The van der Waals surface area contributed by atoms with Gasteiger partial charge in [0.25, 0.3) is 5.91 Å². The van der Waals surface area contributed by atoms with Gasteiger partial charge in [-0.2, -0.15) is 0 Å². The zero-order valence-electron chi connectivity index (χ0n) is 11.6. The van der Waals surface area contributed by atoms with E-state index in [4.69, 9.17) is 21.1 Å². The molecule has 0 aromatic heterocycles. The lowest BCUT2D eigenvalue weighted by molar-refractivity contribution is -0.145. The molecule has 1 aliphatic rings. The third-order valence-electron chi connectivity index (χ3n) is 3.23. The Bertz CT molecular complexity index is 512. The van der Waals surface area contributed by atoms with Crippen LogP contribution in [0.5, 0.6) is 5.75 Å². The number of aliphatic hydroxyl groups is 1. The van der Waals surface area contributed by atoms with Crippen LogP contribution in [0.4, 0.5) is 4.39 Å². The summed E-state index contributed by atoms with van der Waals surface area (Å²) in [6.45, 7) is 2.56. The molecule has 1 aromatic rings. The molecule has 1 aromatic carbocycles. The molecule has 0 aliphatic carbocycles. The predicted octanol–water partition coefficient (Wildman–Crippen LogP) is 1.47. The first-order valence-electron chi connectivity index (χ1n) is 6.62. The number of rotatable bonds is 4. The van der Waals surface area contributed by atoms with Crippen LogP contribution in [-0.4, -0.2) is 54.4 Å². The second kappa shape index (κ2) is 7.06. The molecule has 0 radical (unpaired) electrons. The van der Waals surface area contributed by atoms with Gasteiger partial charge in [-0.1, -0.05) is 11.6 Å². The van der Waals surface area contributed by atoms with Crippen LogP contribution in [0.15, 0.2) is 18.2 Å². The Morgan fingerprint density at radius 3 is 3.10 bits per heavy atom. The Labute approximate surface area is 127 Å². The SMILES string of the molecule is CC(O)C1CN(C(=O)COc2ccc(F)cc2Cl)CCO1. The fourth-order valence-corrected chi connectivity index (χ4v) is 2.24. The van der Waals surface area contributed by atoms with Gasteiger partial charge in [-0.3, -0.25) is 4.79 Å². The lowest BCUT2D eigenvalue weighted by Crippen LogP contribution is -2.50. The molecule has 2 unspecified atom stereocenters. The maximum Gasteiger partial charge on any atom is 0.260 e. The van der Waals surface area contributed by atoms with Crippen LogP contribution in [0, 0.1) is 5.82 Å². The van der Waals surface area contributed by atoms with Gasteiger partial charge in [0.15, 0.2) is 6.61 Å². The van der Waals surface area contributed by atoms with E-state index in [2.05, 4.69) is 0 Å². The third-order valence-corrected chi connectivity index (χ3v) is 3.52. The lowest BCUT2D eigenvalue weighted by atomic mass is 10.2. The van der Waals surface area contributed by atoms with Crippen LogP contribution < -0.4 is 4.74 Å². The van der Waals surface area contributed by atoms with Crippen molar-refractivity contribution < 1.29 is 23.8 Å². The van der Waals surface area contributed by atoms with E-state index < -0.39 is 18.0 Å². The van der Waals surface area contributed by atoms with E-state index in [0.717, 1.165) is 6.07 Å². The smallest absolute Gasteiger partial charge is 0.260 e. The molecule has 0 bridgehead atoms. The van der Waals surface area contributed by atoms with Crippen LogP contribution in [0.1, 0.15) is 6.92 Å². The molecule has 5 nitrogen and oxygen atoms in total. The number of halogens is 2. The van der Waals surface area contributed by atoms with Crippen molar-refractivity contribution in [1.82, 2.24) is 4.90 Å². The number of hydrogen-bond acceptors (Lipinski definition) is 4. The fraction of sp³-hybridized carbons (Fsp3) is 0.500. The molecular weight excluding hydrogens is 301 g/mol. The van der Waals surface area contributed by atoms with Gasteiger partial charge in [0.2, 0.25) is 0 Å². The molecule has 21 heavy (non-hydrogen) atoms. The Kier molecular flexibility index (Phi) is 5.39. The van der Waals surface area contributed by atoms with Crippen molar-refractivity contribution in [2.75, 3.05) is 26.3 Å². The summed E-state index contributed by atoms with van der Waals surface area (Å²) in [6.07, 6.45) is -1.04. The van der Waals surface area contributed by atoms with Gasteiger partial charge in [0, 0.05) is 13.1 Å².